The summed E-state index contributed by atoms with van der Waals surface area (Å²) in [5.74, 6) is 1.71. The Morgan fingerprint density at radius 1 is 1.14 bits per heavy atom. The minimum Gasteiger partial charge on any atom is -0.496 e. The minimum atomic E-state index is 0.00850. The van der Waals surface area contributed by atoms with Gasteiger partial charge >= 0.3 is 0 Å². The van der Waals surface area contributed by atoms with Crippen LogP contribution >= 0.6 is 0 Å². The molecule has 0 spiro atoms. The molecule has 1 aromatic rings. The normalized spacial score (nSPS) is 13.8. The van der Waals surface area contributed by atoms with Crippen molar-refractivity contribution in [3.8, 4) is 11.5 Å². The van der Waals surface area contributed by atoms with Crippen molar-refractivity contribution in [1.82, 2.24) is 5.32 Å². The summed E-state index contributed by atoms with van der Waals surface area (Å²) in [4.78, 5) is 0. The first-order chi connectivity index (χ1) is 10.1. The zero-order valence-electron chi connectivity index (χ0n) is 13.9. The van der Waals surface area contributed by atoms with E-state index in [1.165, 1.54) is 0 Å². The van der Waals surface area contributed by atoms with Gasteiger partial charge in [-0.05, 0) is 45.9 Å². The van der Waals surface area contributed by atoms with Gasteiger partial charge in [0.1, 0.15) is 17.6 Å². The lowest BCUT2D eigenvalue weighted by molar-refractivity contribution is 0.0648. The predicted octanol–water partition coefficient (Wildman–Crippen LogP) is 3.56. The molecule has 1 N–H and O–H groups in total. The molecule has 0 aliphatic rings. The average Bonchev–Trinajstić information content (AvgIpc) is 2.50. The number of methoxy groups -OCH3 is 1. The summed E-state index contributed by atoms with van der Waals surface area (Å²) in [6.07, 6.45) is 1.10. The molecule has 0 bridgehead atoms. The van der Waals surface area contributed by atoms with Crippen LogP contribution in [-0.2, 0) is 4.74 Å². The van der Waals surface area contributed by atoms with Crippen molar-refractivity contribution in [3.63, 3.8) is 0 Å². The van der Waals surface area contributed by atoms with Crippen molar-refractivity contribution in [3.05, 3.63) is 23.8 Å². The van der Waals surface area contributed by atoms with Crippen LogP contribution in [0.2, 0.25) is 0 Å². The number of hydrogen-bond acceptors (Lipinski definition) is 4. The number of benzene rings is 1. The molecule has 2 atom stereocenters. The molecule has 0 radical (unpaired) electrons. The van der Waals surface area contributed by atoms with Gasteiger partial charge in [-0.15, -0.1) is 0 Å². The first-order valence-electron chi connectivity index (χ1n) is 7.78. The fraction of sp³-hybridized carbons (Fsp3) is 0.647. The molecular weight excluding hydrogens is 266 g/mol. The molecule has 0 heterocycles. The summed E-state index contributed by atoms with van der Waals surface area (Å²) in [5.41, 5.74) is 1.07. The van der Waals surface area contributed by atoms with Crippen molar-refractivity contribution in [2.24, 2.45) is 0 Å². The van der Waals surface area contributed by atoms with Crippen molar-refractivity contribution >= 4 is 0 Å². The third kappa shape index (κ3) is 5.56. The zero-order chi connectivity index (χ0) is 15.7. The summed E-state index contributed by atoms with van der Waals surface area (Å²) in [6, 6.07) is 6.09. The molecule has 0 amide bonds. The topological polar surface area (TPSA) is 39.7 Å². The molecule has 0 aliphatic carbocycles. The van der Waals surface area contributed by atoms with E-state index >= 15 is 0 Å². The molecule has 120 valence electrons. The van der Waals surface area contributed by atoms with Gasteiger partial charge in [0, 0.05) is 12.6 Å². The van der Waals surface area contributed by atoms with Crippen LogP contribution in [0.4, 0.5) is 0 Å². The van der Waals surface area contributed by atoms with Gasteiger partial charge in [-0.3, -0.25) is 0 Å². The van der Waals surface area contributed by atoms with Crippen molar-refractivity contribution < 1.29 is 14.2 Å². The Morgan fingerprint density at radius 2 is 1.86 bits per heavy atom. The highest BCUT2D eigenvalue weighted by atomic mass is 16.5. The lowest BCUT2D eigenvalue weighted by atomic mass is 10.1. The molecule has 21 heavy (non-hydrogen) atoms. The third-order valence-electron chi connectivity index (χ3n) is 3.26. The van der Waals surface area contributed by atoms with Gasteiger partial charge in [-0.2, -0.15) is 0 Å². The molecule has 4 heteroatoms. The highest BCUT2D eigenvalue weighted by molar-refractivity contribution is 5.46. The predicted molar refractivity (Wildman–Crippen MR) is 86.3 cm³/mol. The Kier molecular flexibility index (Phi) is 8.16. The number of rotatable bonds is 10. The van der Waals surface area contributed by atoms with E-state index in [2.05, 4.69) is 19.2 Å². The summed E-state index contributed by atoms with van der Waals surface area (Å²) < 4.78 is 17.0. The van der Waals surface area contributed by atoms with Crippen LogP contribution < -0.4 is 14.8 Å². The van der Waals surface area contributed by atoms with E-state index in [0.717, 1.165) is 30.0 Å². The maximum atomic E-state index is 6.05. The van der Waals surface area contributed by atoms with Crippen LogP contribution in [0.1, 0.15) is 45.7 Å². The Morgan fingerprint density at radius 3 is 2.48 bits per heavy atom. The molecule has 0 fully saturated rings. The highest BCUT2D eigenvalue weighted by Gasteiger charge is 2.18. The largest absolute Gasteiger partial charge is 0.496 e. The first-order valence-corrected chi connectivity index (χ1v) is 7.78. The molecule has 0 saturated carbocycles. The second-order valence-electron chi connectivity index (χ2n) is 5.14. The van der Waals surface area contributed by atoms with Crippen molar-refractivity contribution in [2.45, 2.75) is 46.3 Å². The summed E-state index contributed by atoms with van der Waals surface area (Å²) in [7, 11) is 1.69. The Balaban J connectivity index is 2.91. The smallest absolute Gasteiger partial charge is 0.128 e. The molecule has 2 unspecified atom stereocenters. The van der Waals surface area contributed by atoms with Gasteiger partial charge in [-0.1, -0.05) is 13.0 Å². The molecule has 1 rings (SSSR count). The van der Waals surface area contributed by atoms with Crippen LogP contribution in [0.5, 0.6) is 11.5 Å². The maximum Gasteiger partial charge on any atom is 0.128 e. The molecule has 0 saturated heterocycles. The lowest BCUT2D eigenvalue weighted by Gasteiger charge is -2.23. The van der Waals surface area contributed by atoms with Crippen LogP contribution in [0.25, 0.3) is 0 Å². The Hall–Kier alpha value is -1.26. The maximum absolute atomic E-state index is 6.05. The molecule has 1 aromatic carbocycles. The molecule has 4 nitrogen and oxygen atoms in total. The van der Waals surface area contributed by atoms with E-state index in [1.807, 2.05) is 32.0 Å². The van der Waals surface area contributed by atoms with Gasteiger partial charge in [0.15, 0.2) is 0 Å². The summed E-state index contributed by atoms with van der Waals surface area (Å²) >= 11 is 0. The minimum absolute atomic E-state index is 0.00850. The number of hydrogen-bond donors (Lipinski definition) is 1. The van der Waals surface area contributed by atoms with Gasteiger partial charge in [0.05, 0.1) is 19.3 Å². The second-order valence-corrected chi connectivity index (χ2v) is 5.14. The molecule has 0 aliphatic heterocycles. The van der Waals surface area contributed by atoms with Crippen molar-refractivity contribution in [1.29, 1.82) is 0 Å². The Bertz CT molecular complexity index is 409. The van der Waals surface area contributed by atoms with E-state index in [0.29, 0.717) is 13.2 Å². The van der Waals surface area contributed by atoms with Crippen LogP contribution in [0.15, 0.2) is 18.2 Å². The first kappa shape index (κ1) is 17.8. The van der Waals surface area contributed by atoms with E-state index in [4.69, 9.17) is 14.2 Å². The summed E-state index contributed by atoms with van der Waals surface area (Å²) in [5, 5.41) is 3.49. The quantitative estimate of drug-likeness (QED) is 0.716. The van der Waals surface area contributed by atoms with Crippen molar-refractivity contribution in [2.75, 3.05) is 26.9 Å². The van der Waals surface area contributed by atoms with E-state index in [9.17, 15) is 0 Å². The van der Waals surface area contributed by atoms with E-state index in [1.54, 1.807) is 7.11 Å². The number of nitrogens with one attached hydrogen (secondary N) is 1. The van der Waals surface area contributed by atoms with Gasteiger partial charge in [-0.25, -0.2) is 0 Å². The average molecular weight is 295 g/mol. The van der Waals surface area contributed by atoms with Crippen LogP contribution in [0, 0.1) is 0 Å². The van der Waals surface area contributed by atoms with Crippen LogP contribution in [0.3, 0.4) is 0 Å². The van der Waals surface area contributed by atoms with Gasteiger partial charge in [0.25, 0.3) is 0 Å². The summed E-state index contributed by atoms with van der Waals surface area (Å²) in [6.45, 7) is 10.5. The SMILES string of the molecule is CCCNC(C)c1c(OC)cccc1OC(C)COCC. The van der Waals surface area contributed by atoms with Crippen LogP contribution in [-0.4, -0.2) is 33.0 Å². The third-order valence-corrected chi connectivity index (χ3v) is 3.26. The fourth-order valence-electron chi connectivity index (χ4n) is 2.23. The highest BCUT2D eigenvalue weighted by Crippen LogP contribution is 2.34. The second kappa shape index (κ2) is 9.64. The van der Waals surface area contributed by atoms with Gasteiger partial charge in [0.2, 0.25) is 0 Å². The monoisotopic (exact) mass is 295 g/mol. The van der Waals surface area contributed by atoms with E-state index < -0.39 is 0 Å². The molecular formula is C17H29NO3. The lowest BCUT2D eigenvalue weighted by Crippen LogP contribution is -2.23. The zero-order valence-corrected chi connectivity index (χ0v) is 13.9. The number of ether oxygens (including phenoxy) is 3. The Labute approximate surface area is 128 Å². The fourth-order valence-corrected chi connectivity index (χ4v) is 2.23. The van der Waals surface area contributed by atoms with Gasteiger partial charge < -0.3 is 19.5 Å². The van der Waals surface area contributed by atoms with E-state index in [-0.39, 0.29) is 12.1 Å². The standard InChI is InChI=1S/C17H29NO3/c1-6-11-18-14(4)17-15(19-5)9-8-10-16(17)21-13(3)12-20-7-2/h8-10,13-14,18H,6-7,11-12H2,1-5H3. The molecule has 0 aromatic heterocycles.